The van der Waals surface area contributed by atoms with Crippen LogP contribution in [-0.4, -0.2) is 30.5 Å². The standard InChI is InChI=1S/C6H12ClNO2S/c1-6-3-2-4-8(6)11(9,10)5-7/h6H,2-5H2,1H3. The van der Waals surface area contributed by atoms with Crippen LogP contribution in [0.5, 0.6) is 0 Å². The molecule has 1 aliphatic rings. The summed E-state index contributed by atoms with van der Waals surface area (Å²) < 4.78 is 23.9. The van der Waals surface area contributed by atoms with E-state index in [0.29, 0.717) is 6.54 Å². The van der Waals surface area contributed by atoms with E-state index in [9.17, 15) is 8.42 Å². The summed E-state index contributed by atoms with van der Waals surface area (Å²) in [5.41, 5.74) is 0. The molecule has 11 heavy (non-hydrogen) atoms. The van der Waals surface area contributed by atoms with E-state index in [1.54, 1.807) is 0 Å². The Morgan fingerprint density at radius 1 is 1.64 bits per heavy atom. The van der Waals surface area contributed by atoms with Crippen LogP contribution in [0.1, 0.15) is 19.8 Å². The lowest BCUT2D eigenvalue weighted by molar-refractivity contribution is 0.411. The summed E-state index contributed by atoms with van der Waals surface area (Å²) in [4.78, 5) is 0. The highest BCUT2D eigenvalue weighted by molar-refractivity contribution is 7.90. The Hall–Kier alpha value is 0.200. The van der Waals surface area contributed by atoms with E-state index in [0.717, 1.165) is 12.8 Å². The minimum absolute atomic E-state index is 0.138. The van der Waals surface area contributed by atoms with Gasteiger partial charge in [-0.3, -0.25) is 0 Å². The summed E-state index contributed by atoms with van der Waals surface area (Å²) in [7, 11) is -3.15. The highest BCUT2D eigenvalue weighted by Crippen LogP contribution is 2.20. The van der Waals surface area contributed by atoms with Crippen LogP contribution < -0.4 is 0 Å². The Balaban J connectivity index is 2.75. The third-order valence-electron chi connectivity index (χ3n) is 1.99. The first-order chi connectivity index (χ1) is 5.08. The molecule has 1 rings (SSSR count). The minimum atomic E-state index is -3.15. The quantitative estimate of drug-likeness (QED) is 0.620. The van der Waals surface area contributed by atoms with Crippen molar-refractivity contribution in [1.29, 1.82) is 0 Å². The van der Waals surface area contributed by atoms with Crippen LogP contribution in [0.4, 0.5) is 0 Å². The van der Waals surface area contributed by atoms with Crippen molar-refractivity contribution in [2.75, 3.05) is 11.8 Å². The van der Waals surface area contributed by atoms with Gasteiger partial charge in [-0.2, -0.15) is 4.31 Å². The predicted octanol–water partition coefficient (Wildman–Crippen LogP) is 0.997. The van der Waals surface area contributed by atoms with Gasteiger partial charge >= 0.3 is 0 Å². The van der Waals surface area contributed by atoms with Crippen molar-refractivity contribution in [3.8, 4) is 0 Å². The molecule has 1 heterocycles. The first kappa shape index (κ1) is 9.29. The molecule has 0 amide bonds. The Morgan fingerprint density at radius 3 is 2.64 bits per heavy atom. The van der Waals surface area contributed by atoms with Crippen LogP contribution in [0.2, 0.25) is 0 Å². The monoisotopic (exact) mass is 197 g/mol. The maximum absolute atomic E-state index is 11.2. The van der Waals surface area contributed by atoms with Crippen LogP contribution in [0.15, 0.2) is 0 Å². The van der Waals surface area contributed by atoms with Crippen LogP contribution in [-0.2, 0) is 10.0 Å². The Kier molecular flexibility index (Phi) is 2.78. The summed E-state index contributed by atoms with van der Waals surface area (Å²) in [6.07, 6.45) is 1.91. The fraction of sp³-hybridized carbons (Fsp3) is 1.00. The fourth-order valence-corrected chi connectivity index (χ4v) is 2.95. The first-order valence-electron chi connectivity index (χ1n) is 3.63. The van der Waals surface area contributed by atoms with E-state index < -0.39 is 10.0 Å². The molecule has 0 aromatic rings. The molecule has 0 aromatic carbocycles. The van der Waals surface area contributed by atoms with E-state index >= 15 is 0 Å². The predicted molar refractivity (Wildman–Crippen MR) is 45.0 cm³/mol. The van der Waals surface area contributed by atoms with Gasteiger partial charge in [-0.05, 0) is 19.8 Å². The maximum Gasteiger partial charge on any atom is 0.228 e. The first-order valence-corrected chi connectivity index (χ1v) is 5.78. The minimum Gasteiger partial charge on any atom is -0.211 e. The molecule has 0 saturated carbocycles. The molecule has 5 heteroatoms. The molecule has 0 aliphatic carbocycles. The molecule has 3 nitrogen and oxygen atoms in total. The van der Waals surface area contributed by atoms with Crippen LogP contribution in [0.3, 0.4) is 0 Å². The lowest BCUT2D eigenvalue weighted by Crippen LogP contribution is -2.34. The average Bonchev–Trinajstić information content (AvgIpc) is 2.36. The van der Waals surface area contributed by atoms with Gasteiger partial charge in [0.2, 0.25) is 10.0 Å². The summed E-state index contributed by atoms with van der Waals surface area (Å²) >= 11 is 5.31. The van der Waals surface area contributed by atoms with Crippen molar-refractivity contribution in [1.82, 2.24) is 4.31 Å². The lowest BCUT2D eigenvalue weighted by atomic mass is 10.3. The molecular formula is C6H12ClNO2S. The second-order valence-electron chi connectivity index (χ2n) is 2.82. The highest BCUT2D eigenvalue weighted by atomic mass is 35.5. The van der Waals surface area contributed by atoms with Crippen LogP contribution >= 0.6 is 11.6 Å². The molecule has 0 N–H and O–H groups in total. The van der Waals surface area contributed by atoms with Crippen LogP contribution in [0, 0.1) is 0 Å². The number of alkyl halides is 1. The van der Waals surface area contributed by atoms with Gasteiger partial charge in [0.05, 0.1) is 0 Å². The molecule has 1 aliphatic heterocycles. The molecule has 1 saturated heterocycles. The van der Waals surface area contributed by atoms with Crippen molar-refractivity contribution in [2.24, 2.45) is 0 Å². The molecule has 1 fully saturated rings. The Morgan fingerprint density at radius 2 is 2.27 bits per heavy atom. The van der Waals surface area contributed by atoms with E-state index in [-0.39, 0.29) is 11.3 Å². The smallest absolute Gasteiger partial charge is 0.211 e. The zero-order valence-corrected chi connectivity index (χ0v) is 8.03. The van der Waals surface area contributed by atoms with Gasteiger partial charge in [-0.25, -0.2) is 8.42 Å². The molecule has 1 unspecified atom stereocenters. The number of sulfonamides is 1. The SMILES string of the molecule is CC1CCCN1S(=O)(=O)CCl. The summed E-state index contributed by atoms with van der Waals surface area (Å²) in [6.45, 7) is 2.55. The summed E-state index contributed by atoms with van der Waals surface area (Å²) in [5, 5.41) is -0.294. The Labute approximate surface area is 72.4 Å². The molecule has 0 aromatic heterocycles. The van der Waals surface area contributed by atoms with Gasteiger partial charge < -0.3 is 0 Å². The van der Waals surface area contributed by atoms with E-state index in [4.69, 9.17) is 11.6 Å². The maximum atomic E-state index is 11.2. The van der Waals surface area contributed by atoms with Gasteiger partial charge in [0.15, 0.2) is 0 Å². The summed E-state index contributed by atoms with van der Waals surface area (Å²) in [5.74, 6) is 0. The highest BCUT2D eigenvalue weighted by Gasteiger charge is 2.30. The number of halogens is 1. The molecule has 0 bridgehead atoms. The molecule has 0 radical (unpaired) electrons. The lowest BCUT2D eigenvalue weighted by Gasteiger charge is -2.18. The average molecular weight is 198 g/mol. The van der Waals surface area contributed by atoms with Crippen molar-refractivity contribution >= 4 is 21.6 Å². The van der Waals surface area contributed by atoms with E-state index in [1.165, 1.54) is 4.31 Å². The largest absolute Gasteiger partial charge is 0.228 e. The zero-order chi connectivity index (χ0) is 8.48. The molecule has 0 spiro atoms. The van der Waals surface area contributed by atoms with Crippen molar-refractivity contribution in [3.63, 3.8) is 0 Å². The summed E-state index contributed by atoms with van der Waals surface area (Å²) in [6, 6.07) is 0.138. The Bertz CT molecular complexity index is 227. The van der Waals surface area contributed by atoms with Gasteiger partial charge in [0.25, 0.3) is 0 Å². The normalized spacial score (nSPS) is 27.6. The second-order valence-corrected chi connectivity index (χ2v) is 5.33. The third kappa shape index (κ3) is 1.86. The van der Waals surface area contributed by atoms with E-state index in [2.05, 4.69) is 0 Å². The second kappa shape index (κ2) is 3.29. The fourth-order valence-electron chi connectivity index (χ4n) is 1.38. The van der Waals surface area contributed by atoms with Crippen molar-refractivity contribution < 1.29 is 8.42 Å². The van der Waals surface area contributed by atoms with E-state index in [1.807, 2.05) is 6.92 Å². The van der Waals surface area contributed by atoms with Crippen molar-refractivity contribution in [2.45, 2.75) is 25.8 Å². The number of nitrogens with zero attached hydrogens (tertiary/aromatic N) is 1. The van der Waals surface area contributed by atoms with Gasteiger partial charge in [0.1, 0.15) is 5.21 Å². The topological polar surface area (TPSA) is 37.4 Å². The van der Waals surface area contributed by atoms with Gasteiger partial charge in [-0.1, -0.05) is 0 Å². The van der Waals surface area contributed by atoms with Gasteiger partial charge in [0, 0.05) is 12.6 Å². The zero-order valence-electron chi connectivity index (χ0n) is 6.46. The molecule has 66 valence electrons. The number of hydrogen-bond donors (Lipinski definition) is 0. The molecule has 1 atom stereocenters. The number of hydrogen-bond acceptors (Lipinski definition) is 2. The van der Waals surface area contributed by atoms with Gasteiger partial charge in [-0.15, -0.1) is 11.6 Å². The van der Waals surface area contributed by atoms with Crippen LogP contribution in [0.25, 0.3) is 0 Å². The third-order valence-corrected chi connectivity index (χ3v) is 4.35. The number of rotatable bonds is 2. The van der Waals surface area contributed by atoms with Crippen molar-refractivity contribution in [3.05, 3.63) is 0 Å². The molecular weight excluding hydrogens is 186 g/mol.